The summed E-state index contributed by atoms with van der Waals surface area (Å²) in [6, 6.07) is 11.7. The fourth-order valence-corrected chi connectivity index (χ4v) is 3.10. The molecule has 2 nitrogen and oxygen atoms in total. The van der Waals surface area contributed by atoms with E-state index >= 15 is 0 Å². The van der Waals surface area contributed by atoms with Crippen LogP contribution in [0.25, 0.3) is 10.8 Å². The fraction of sp³-hybridized carbons (Fsp3) is 0.375. The van der Waals surface area contributed by atoms with E-state index in [1.807, 2.05) is 43.3 Å². The number of hydrogen-bond acceptors (Lipinski definition) is 2. The Kier molecular flexibility index (Phi) is 3.25. The minimum atomic E-state index is -0.628. The molecule has 0 aromatic heterocycles. The molecule has 0 aliphatic carbocycles. The number of ether oxygens (including phenoxy) is 1. The molecule has 0 bridgehead atoms. The van der Waals surface area contributed by atoms with Gasteiger partial charge in [0.05, 0.1) is 5.60 Å². The van der Waals surface area contributed by atoms with Gasteiger partial charge in [0.2, 0.25) is 0 Å². The zero-order valence-corrected chi connectivity index (χ0v) is 11.7. The zero-order chi connectivity index (χ0) is 13.5. The van der Waals surface area contributed by atoms with Crippen molar-refractivity contribution in [1.29, 1.82) is 0 Å². The normalized spacial score (nSPS) is 24.8. The lowest BCUT2D eigenvalue weighted by Gasteiger charge is -2.30. The molecule has 1 aliphatic rings. The van der Waals surface area contributed by atoms with Gasteiger partial charge in [-0.25, -0.2) is 0 Å². The highest BCUT2D eigenvalue weighted by atomic mass is 35.5. The first-order valence-electron chi connectivity index (χ1n) is 6.61. The topological polar surface area (TPSA) is 29.5 Å². The van der Waals surface area contributed by atoms with Gasteiger partial charge in [0.25, 0.3) is 0 Å². The highest BCUT2D eigenvalue weighted by molar-refractivity contribution is 6.35. The van der Waals surface area contributed by atoms with Gasteiger partial charge in [-0.15, -0.1) is 0 Å². The Morgan fingerprint density at radius 1 is 1.21 bits per heavy atom. The van der Waals surface area contributed by atoms with Crippen LogP contribution >= 0.6 is 11.6 Å². The lowest BCUT2D eigenvalue weighted by Crippen LogP contribution is -2.32. The molecule has 3 rings (SSSR count). The van der Waals surface area contributed by atoms with Gasteiger partial charge in [-0.1, -0.05) is 41.9 Å². The summed E-state index contributed by atoms with van der Waals surface area (Å²) in [5.74, 6) is 0. The number of aliphatic hydroxyl groups is 1. The molecule has 2 atom stereocenters. The summed E-state index contributed by atoms with van der Waals surface area (Å²) in [5, 5.41) is 13.4. The van der Waals surface area contributed by atoms with Crippen LogP contribution in [0.4, 0.5) is 0 Å². The SMILES string of the molecule is CC1(C(O)c2ccc(Cl)c3ccccc23)CCCO1. The summed E-state index contributed by atoms with van der Waals surface area (Å²) in [6.07, 6.45) is 1.25. The van der Waals surface area contributed by atoms with Crippen LogP contribution in [-0.2, 0) is 4.74 Å². The van der Waals surface area contributed by atoms with Crippen molar-refractivity contribution in [2.24, 2.45) is 0 Å². The number of halogens is 1. The lowest BCUT2D eigenvalue weighted by atomic mass is 9.88. The predicted octanol–water partition coefficient (Wildman–Crippen LogP) is 4.10. The van der Waals surface area contributed by atoms with Gasteiger partial charge >= 0.3 is 0 Å². The van der Waals surface area contributed by atoms with E-state index in [9.17, 15) is 5.11 Å². The monoisotopic (exact) mass is 276 g/mol. The number of aliphatic hydroxyl groups excluding tert-OH is 1. The molecule has 2 aromatic rings. The molecule has 1 saturated heterocycles. The first-order valence-corrected chi connectivity index (χ1v) is 6.99. The minimum absolute atomic E-state index is 0.489. The van der Waals surface area contributed by atoms with Crippen LogP contribution in [0.2, 0.25) is 5.02 Å². The van der Waals surface area contributed by atoms with Gasteiger partial charge in [0.1, 0.15) is 6.10 Å². The van der Waals surface area contributed by atoms with E-state index in [4.69, 9.17) is 16.3 Å². The van der Waals surface area contributed by atoms with E-state index in [0.29, 0.717) is 5.02 Å². The average molecular weight is 277 g/mol. The van der Waals surface area contributed by atoms with Crippen LogP contribution < -0.4 is 0 Å². The first kappa shape index (κ1) is 12.9. The molecule has 100 valence electrons. The molecule has 1 heterocycles. The first-order chi connectivity index (χ1) is 9.12. The van der Waals surface area contributed by atoms with Crippen LogP contribution in [0.1, 0.15) is 31.4 Å². The molecular formula is C16H17ClO2. The Morgan fingerprint density at radius 2 is 1.95 bits per heavy atom. The van der Waals surface area contributed by atoms with Gasteiger partial charge in [0, 0.05) is 17.0 Å². The van der Waals surface area contributed by atoms with Crippen molar-refractivity contribution < 1.29 is 9.84 Å². The van der Waals surface area contributed by atoms with Crippen molar-refractivity contribution in [2.45, 2.75) is 31.5 Å². The minimum Gasteiger partial charge on any atom is -0.385 e. The summed E-state index contributed by atoms with van der Waals surface area (Å²) in [6.45, 7) is 2.70. The van der Waals surface area contributed by atoms with E-state index in [1.54, 1.807) is 0 Å². The van der Waals surface area contributed by atoms with Gasteiger partial charge < -0.3 is 9.84 Å². The maximum Gasteiger partial charge on any atom is 0.108 e. The second-order valence-electron chi connectivity index (χ2n) is 5.35. The van der Waals surface area contributed by atoms with Crippen molar-refractivity contribution in [3.8, 4) is 0 Å². The molecule has 2 aromatic carbocycles. The number of benzene rings is 2. The molecular weight excluding hydrogens is 260 g/mol. The second kappa shape index (κ2) is 4.78. The van der Waals surface area contributed by atoms with E-state index in [0.717, 1.165) is 35.8 Å². The van der Waals surface area contributed by atoms with Gasteiger partial charge in [-0.2, -0.15) is 0 Å². The number of fused-ring (bicyclic) bond motifs is 1. The Labute approximate surface area is 118 Å². The molecule has 1 fully saturated rings. The van der Waals surface area contributed by atoms with Crippen molar-refractivity contribution in [3.63, 3.8) is 0 Å². The van der Waals surface area contributed by atoms with E-state index in [1.165, 1.54) is 0 Å². The molecule has 0 saturated carbocycles. The van der Waals surface area contributed by atoms with Crippen molar-refractivity contribution in [3.05, 3.63) is 47.0 Å². The maximum absolute atomic E-state index is 10.7. The summed E-state index contributed by atoms with van der Waals surface area (Å²) in [5.41, 5.74) is 0.403. The van der Waals surface area contributed by atoms with Crippen LogP contribution in [-0.4, -0.2) is 17.3 Å². The van der Waals surface area contributed by atoms with Crippen molar-refractivity contribution >= 4 is 22.4 Å². The predicted molar refractivity (Wildman–Crippen MR) is 77.5 cm³/mol. The Hall–Kier alpha value is -1.09. The van der Waals surface area contributed by atoms with Crippen LogP contribution in [0.3, 0.4) is 0 Å². The second-order valence-corrected chi connectivity index (χ2v) is 5.76. The zero-order valence-electron chi connectivity index (χ0n) is 10.9. The molecule has 1 aliphatic heterocycles. The van der Waals surface area contributed by atoms with Crippen LogP contribution in [0.15, 0.2) is 36.4 Å². The third kappa shape index (κ3) is 2.14. The van der Waals surface area contributed by atoms with Gasteiger partial charge in [-0.05, 0) is 36.8 Å². The van der Waals surface area contributed by atoms with Gasteiger partial charge in [0.15, 0.2) is 0 Å². The highest BCUT2D eigenvalue weighted by Gasteiger charge is 2.38. The quantitative estimate of drug-likeness (QED) is 0.895. The maximum atomic E-state index is 10.7. The standard InChI is InChI=1S/C16H17ClO2/c1-16(9-4-10-19-16)15(18)13-7-8-14(17)12-6-3-2-5-11(12)13/h2-3,5-8,15,18H,4,9-10H2,1H3. The number of hydrogen-bond donors (Lipinski definition) is 1. The Balaban J connectivity index is 2.12. The smallest absolute Gasteiger partial charge is 0.108 e. The van der Waals surface area contributed by atoms with Crippen LogP contribution in [0.5, 0.6) is 0 Å². The summed E-state index contributed by atoms with van der Waals surface area (Å²) in [7, 11) is 0. The molecule has 0 radical (unpaired) electrons. The van der Waals surface area contributed by atoms with E-state index in [-0.39, 0.29) is 0 Å². The van der Waals surface area contributed by atoms with Gasteiger partial charge in [-0.3, -0.25) is 0 Å². The molecule has 0 spiro atoms. The third-order valence-electron chi connectivity index (χ3n) is 4.03. The van der Waals surface area contributed by atoms with E-state index < -0.39 is 11.7 Å². The molecule has 0 amide bonds. The molecule has 19 heavy (non-hydrogen) atoms. The molecule has 1 N–H and O–H groups in total. The Bertz CT molecular complexity index is 603. The largest absolute Gasteiger partial charge is 0.385 e. The van der Waals surface area contributed by atoms with Crippen molar-refractivity contribution in [1.82, 2.24) is 0 Å². The summed E-state index contributed by atoms with van der Waals surface area (Å²) >= 11 is 6.22. The fourth-order valence-electron chi connectivity index (χ4n) is 2.87. The lowest BCUT2D eigenvalue weighted by molar-refractivity contribution is -0.0790. The molecule has 2 unspecified atom stereocenters. The molecule has 3 heteroatoms. The van der Waals surface area contributed by atoms with Crippen LogP contribution in [0, 0.1) is 0 Å². The summed E-state index contributed by atoms with van der Waals surface area (Å²) < 4.78 is 5.75. The highest BCUT2D eigenvalue weighted by Crippen LogP contribution is 2.40. The summed E-state index contributed by atoms with van der Waals surface area (Å²) in [4.78, 5) is 0. The van der Waals surface area contributed by atoms with E-state index in [2.05, 4.69) is 0 Å². The number of rotatable bonds is 2. The average Bonchev–Trinajstić information content (AvgIpc) is 2.87. The third-order valence-corrected chi connectivity index (χ3v) is 4.36. The van der Waals surface area contributed by atoms with Crippen molar-refractivity contribution in [2.75, 3.05) is 6.61 Å². The Morgan fingerprint density at radius 3 is 2.63 bits per heavy atom.